The van der Waals surface area contributed by atoms with Gasteiger partial charge in [0.15, 0.2) is 0 Å². The average Bonchev–Trinajstić information content (AvgIpc) is 2.88. The lowest BCUT2D eigenvalue weighted by molar-refractivity contribution is -0.132. The van der Waals surface area contributed by atoms with E-state index in [0.29, 0.717) is 6.54 Å². The first kappa shape index (κ1) is 16.7. The molecule has 1 fully saturated rings. The van der Waals surface area contributed by atoms with E-state index in [1.54, 1.807) is 0 Å². The summed E-state index contributed by atoms with van der Waals surface area (Å²) < 4.78 is 1.87. The highest BCUT2D eigenvalue weighted by molar-refractivity contribution is 5.78. The highest BCUT2D eigenvalue weighted by Gasteiger charge is 2.17. The van der Waals surface area contributed by atoms with E-state index in [1.807, 2.05) is 59.4 Å². The summed E-state index contributed by atoms with van der Waals surface area (Å²) in [6, 6.07) is 10.1. The topological polar surface area (TPSA) is 41.4 Å². The predicted octanol–water partition coefficient (Wildman–Crippen LogP) is 2.71. The zero-order valence-corrected chi connectivity index (χ0v) is 14.4. The molecule has 24 heavy (non-hydrogen) atoms. The minimum Gasteiger partial charge on any atom is -0.342 e. The largest absolute Gasteiger partial charge is 0.342 e. The standard InChI is InChI=1S/C19H26N4O/c1-21(16-19(24)22-11-7-2-3-8-12-22)14-17-13-20-23(15-17)18-9-5-4-6-10-18/h4-6,9-10,13,15H,2-3,7-8,11-12,14,16H2,1H3. The van der Waals surface area contributed by atoms with E-state index < -0.39 is 0 Å². The second kappa shape index (κ2) is 8.11. The summed E-state index contributed by atoms with van der Waals surface area (Å²) in [4.78, 5) is 16.5. The molecule has 5 heteroatoms. The van der Waals surface area contributed by atoms with Crippen molar-refractivity contribution in [2.45, 2.75) is 32.2 Å². The van der Waals surface area contributed by atoms with Crippen LogP contribution in [0.3, 0.4) is 0 Å². The van der Waals surface area contributed by atoms with Gasteiger partial charge in [0.05, 0.1) is 18.4 Å². The number of carbonyl (C=O) groups excluding carboxylic acids is 1. The summed E-state index contributed by atoms with van der Waals surface area (Å²) in [5, 5.41) is 4.42. The molecule has 0 N–H and O–H groups in total. The maximum atomic E-state index is 12.4. The summed E-state index contributed by atoms with van der Waals surface area (Å²) in [5.74, 6) is 0.245. The van der Waals surface area contributed by atoms with Gasteiger partial charge in [0.25, 0.3) is 0 Å². The van der Waals surface area contributed by atoms with Gasteiger partial charge in [-0.2, -0.15) is 5.10 Å². The van der Waals surface area contributed by atoms with Crippen molar-refractivity contribution >= 4 is 5.91 Å². The van der Waals surface area contributed by atoms with Crippen LogP contribution in [0.4, 0.5) is 0 Å². The number of hydrogen-bond acceptors (Lipinski definition) is 3. The van der Waals surface area contributed by atoms with Crippen molar-refractivity contribution in [3.8, 4) is 5.69 Å². The molecule has 0 saturated carbocycles. The lowest BCUT2D eigenvalue weighted by atomic mass is 10.2. The van der Waals surface area contributed by atoms with Gasteiger partial charge in [-0.3, -0.25) is 9.69 Å². The van der Waals surface area contributed by atoms with Crippen LogP contribution in [0.2, 0.25) is 0 Å². The second-order valence-corrected chi connectivity index (χ2v) is 6.60. The lowest BCUT2D eigenvalue weighted by Crippen LogP contribution is -2.39. The molecule has 1 aliphatic heterocycles. The van der Waals surface area contributed by atoms with Crippen molar-refractivity contribution in [3.63, 3.8) is 0 Å². The number of benzene rings is 1. The van der Waals surface area contributed by atoms with E-state index in [2.05, 4.69) is 10.00 Å². The third-order valence-corrected chi connectivity index (χ3v) is 4.47. The zero-order chi connectivity index (χ0) is 16.8. The molecule has 1 aromatic heterocycles. The fraction of sp³-hybridized carbons (Fsp3) is 0.474. The smallest absolute Gasteiger partial charge is 0.236 e. The highest BCUT2D eigenvalue weighted by atomic mass is 16.2. The fourth-order valence-corrected chi connectivity index (χ4v) is 3.18. The molecule has 0 radical (unpaired) electrons. The van der Waals surface area contributed by atoms with Gasteiger partial charge in [-0.1, -0.05) is 31.0 Å². The van der Waals surface area contributed by atoms with Crippen LogP contribution in [0.25, 0.3) is 5.69 Å². The first-order valence-corrected chi connectivity index (χ1v) is 8.78. The molecule has 1 aromatic carbocycles. The molecule has 0 spiro atoms. The van der Waals surface area contributed by atoms with E-state index in [4.69, 9.17) is 0 Å². The van der Waals surface area contributed by atoms with E-state index in [9.17, 15) is 4.79 Å². The third kappa shape index (κ3) is 4.45. The molecule has 1 amide bonds. The van der Waals surface area contributed by atoms with Gasteiger partial charge >= 0.3 is 0 Å². The Morgan fingerprint density at radius 2 is 1.83 bits per heavy atom. The Hall–Kier alpha value is -2.14. The van der Waals surface area contributed by atoms with Crippen molar-refractivity contribution in [2.75, 3.05) is 26.7 Å². The predicted molar refractivity (Wildman–Crippen MR) is 94.9 cm³/mol. The molecule has 5 nitrogen and oxygen atoms in total. The van der Waals surface area contributed by atoms with Crippen LogP contribution in [-0.4, -0.2) is 52.2 Å². The molecule has 0 atom stereocenters. The molecule has 2 heterocycles. The van der Waals surface area contributed by atoms with Crippen LogP contribution in [0.1, 0.15) is 31.2 Å². The minimum atomic E-state index is 0.245. The van der Waals surface area contributed by atoms with Crippen molar-refractivity contribution in [2.24, 2.45) is 0 Å². The Kier molecular flexibility index (Phi) is 5.64. The van der Waals surface area contributed by atoms with Crippen LogP contribution in [0.5, 0.6) is 0 Å². The number of amides is 1. The number of aromatic nitrogens is 2. The number of likely N-dealkylation sites (tertiary alicyclic amines) is 1. The minimum absolute atomic E-state index is 0.245. The number of carbonyl (C=O) groups is 1. The molecule has 0 bridgehead atoms. The Morgan fingerprint density at radius 3 is 2.54 bits per heavy atom. The van der Waals surface area contributed by atoms with Crippen LogP contribution in [0.15, 0.2) is 42.7 Å². The SMILES string of the molecule is CN(CC(=O)N1CCCCCC1)Cc1cnn(-c2ccccc2)c1. The summed E-state index contributed by atoms with van der Waals surface area (Å²) in [7, 11) is 2.00. The Labute approximate surface area is 143 Å². The fourth-order valence-electron chi connectivity index (χ4n) is 3.18. The average molecular weight is 326 g/mol. The molecule has 1 saturated heterocycles. The molecule has 0 aliphatic carbocycles. The Balaban J connectivity index is 1.54. The maximum Gasteiger partial charge on any atom is 0.236 e. The monoisotopic (exact) mass is 326 g/mol. The first-order valence-electron chi connectivity index (χ1n) is 8.78. The van der Waals surface area contributed by atoms with E-state index in [0.717, 1.165) is 43.7 Å². The Morgan fingerprint density at radius 1 is 1.12 bits per heavy atom. The summed E-state index contributed by atoms with van der Waals surface area (Å²) in [6.45, 7) is 3.03. The van der Waals surface area contributed by atoms with Gasteiger partial charge < -0.3 is 4.90 Å². The van der Waals surface area contributed by atoms with E-state index in [-0.39, 0.29) is 5.91 Å². The summed E-state index contributed by atoms with van der Waals surface area (Å²) in [5.41, 5.74) is 2.16. The number of para-hydroxylation sites is 1. The van der Waals surface area contributed by atoms with Crippen LogP contribution in [0, 0.1) is 0 Å². The normalized spacial score (nSPS) is 15.5. The lowest BCUT2D eigenvalue weighted by Gasteiger charge is -2.23. The summed E-state index contributed by atoms with van der Waals surface area (Å²) >= 11 is 0. The van der Waals surface area contributed by atoms with Crippen molar-refractivity contribution in [1.29, 1.82) is 0 Å². The molecule has 1 aliphatic rings. The molecule has 0 unspecified atom stereocenters. The molecule has 3 rings (SSSR count). The maximum absolute atomic E-state index is 12.4. The van der Waals surface area contributed by atoms with E-state index >= 15 is 0 Å². The molecule has 2 aromatic rings. The van der Waals surface area contributed by atoms with Crippen molar-refractivity contribution < 1.29 is 4.79 Å². The highest BCUT2D eigenvalue weighted by Crippen LogP contribution is 2.11. The number of hydrogen-bond donors (Lipinski definition) is 0. The van der Waals surface area contributed by atoms with Gasteiger partial charge in [0.2, 0.25) is 5.91 Å². The molecular weight excluding hydrogens is 300 g/mol. The second-order valence-electron chi connectivity index (χ2n) is 6.60. The van der Waals surface area contributed by atoms with Crippen LogP contribution in [-0.2, 0) is 11.3 Å². The van der Waals surface area contributed by atoms with E-state index in [1.165, 1.54) is 12.8 Å². The number of rotatable bonds is 5. The van der Waals surface area contributed by atoms with Crippen LogP contribution >= 0.6 is 0 Å². The molecular formula is C19H26N4O. The zero-order valence-electron chi connectivity index (χ0n) is 14.4. The van der Waals surface area contributed by atoms with Gasteiger partial charge in [-0.05, 0) is 32.0 Å². The number of likely N-dealkylation sites (N-methyl/N-ethyl adjacent to an activating group) is 1. The quantitative estimate of drug-likeness (QED) is 0.848. The van der Waals surface area contributed by atoms with Gasteiger partial charge in [-0.25, -0.2) is 4.68 Å². The van der Waals surface area contributed by atoms with Crippen LogP contribution < -0.4 is 0 Å². The van der Waals surface area contributed by atoms with Gasteiger partial charge in [-0.15, -0.1) is 0 Å². The van der Waals surface area contributed by atoms with Gasteiger partial charge in [0, 0.05) is 31.4 Å². The molecule has 128 valence electrons. The third-order valence-electron chi connectivity index (χ3n) is 4.47. The van der Waals surface area contributed by atoms with Crippen molar-refractivity contribution in [3.05, 3.63) is 48.3 Å². The van der Waals surface area contributed by atoms with Crippen molar-refractivity contribution in [1.82, 2.24) is 19.6 Å². The first-order chi connectivity index (χ1) is 11.7. The Bertz CT molecular complexity index is 644. The summed E-state index contributed by atoms with van der Waals surface area (Å²) in [6.07, 6.45) is 8.68. The number of nitrogens with zero attached hydrogens (tertiary/aromatic N) is 4. The van der Waals surface area contributed by atoms with Gasteiger partial charge in [0.1, 0.15) is 0 Å².